The van der Waals surface area contributed by atoms with Crippen LogP contribution >= 0.6 is 45.5 Å². The van der Waals surface area contributed by atoms with E-state index in [2.05, 4.69) is 27.6 Å². The standard InChI is InChI=1S/C17H11ClINOS/c1-10-2-3-11-9-12(17(18)20-13(11)8-10)4-5-14(21)15-6-7-16(19)22-15/h2-9H,1H3/b5-4+. The van der Waals surface area contributed by atoms with E-state index in [9.17, 15) is 4.79 Å². The van der Waals surface area contributed by atoms with Gasteiger partial charge in [-0.25, -0.2) is 4.98 Å². The van der Waals surface area contributed by atoms with Crippen LogP contribution in [0.15, 0.2) is 42.5 Å². The van der Waals surface area contributed by atoms with Gasteiger partial charge in [0.2, 0.25) is 0 Å². The fourth-order valence-electron chi connectivity index (χ4n) is 2.08. The lowest BCUT2D eigenvalue weighted by Crippen LogP contribution is -1.90. The van der Waals surface area contributed by atoms with E-state index in [1.54, 1.807) is 12.2 Å². The number of rotatable bonds is 3. The van der Waals surface area contributed by atoms with Gasteiger partial charge in [0.05, 0.1) is 13.3 Å². The van der Waals surface area contributed by atoms with Crippen LogP contribution in [0.3, 0.4) is 0 Å². The number of hydrogen-bond acceptors (Lipinski definition) is 3. The topological polar surface area (TPSA) is 30.0 Å². The molecule has 0 bridgehead atoms. The molecule has 0 aliphatic rings. The fourth-order valence-corrected chi connectivity index (χ4v) is 3.83. The molecule has 110 valence electrons. The van der Waals surface area contributed by atoms with Gasteiger partial charge in [-0.15, -0.1) is 11.3 Å². The number of benzene rings is 1. The number of halogens is 2. The molecule has 5 heteroatoms. The molecule has 0 saturated heterocycles. The Balaban J connectivity index is 1.93. The van der Waals surface area contributed by atoms with Gasteiger partial charge in [-0.2, -0.15) is 0 Å². The molecule has 0 atom stereocenters. The summed E-state index contributed by atoms with van der Waals surface area (Å²) >= 11 is 9.90. The second-order valence-electron chi connectivity index (χ2n) is 4.87. The molecule has 22 heavy (non-hydrogen) atoms. The van der Waals surface area contributed by atoms with Crippen LogP contribution in [0, 0.1) is 9.81 Å². The maximum absolute atomic E-state index is 12.1. The Labute approximate surface area is 151 Å². The molecule has 3 aromatic rings. The third kappa shape index (κ3) is 3.39. The van der Waals surface area contributed by atoms with Gasteiger partial charge in [-0.05, 0) is 71.5 Å². The van der Waals surface area contributed by atoms with E-state index in [1.165, 1.54) is 11.3 Å². The summed E-state index contributed by atoms with van der Waals surface area (Å²) in [6.45, 7) is 2.02. The van der Waals surface area contributed by atoms with Gasteiger partial charge in [-0.3, -0.25) is 4.79 Å². The molecular formula is C17H11ClINOS. The molecule has 2 heterocycles. The minimum atomic E-state index is -0.0204. The molecule has 0 N–H and O–H groups in total. The highest BCUT2D eigenvalue weighted by atomic mass is 127. The predicted octanol–water partition coefficient (Wildman–Crippen LogP) is 5.76. The summed E-state index contributed by atoms with van der Waals surface area (Å²) in [7, 11) is 0. The average molecular weight is 440 g/mol. The van der Waals surface area contributed by atoms with Crippen molar-refractivity contribution in [2.75, 3.05) is 0 Å². The Morgan fingerprint density at radius 1 is 1.27 bits per heavy atom. The van der Waals surface area contributed by atoms with Crippen LogP contribution in [0.2, 0.25) is 5.15 Å². The van der Waals surface area contributed by atoms with E-state index in [0.29, 0.717) is 5.15 Å². The number of aromatic nitrogens is 1. The maximum Gasteiger partial charge on any atom is 0.195 e. The van der Waals surface area contributed by atoms with Crippen molar-refractivity contribution in [2.24, 2.45) is 0 Å². The number of nitrogens with zero attached hydrogens (tertiary/aromatic N) is 1. The van der Waals surface area contributed by atoms with E-state index in [0.717, 1.165) is 29.8 Å². The third-order valence-electron chi connectivity index (χ3n) is 3.18. The summed E-state index contributed by atoms with van der Waals surface area (Å²) < 4.78 is 1.09. The highest BCUT2D eigenvalue weighted by molar-refractivity contribution is 14.1. The quantitative estimate of drug-likeness (QED) is 0.225. The van der Waals surface area contributed by atoms with Crippen molar-refractivity contribution < 1.29 is 4.79 Å². The second-order valence-corrected chi connectivity index (χ2v) is 8.20. The van der Waals surface area contributed by atoms with Gasteiger partial charge in [0.15, 0.2) is 5.78 Å². The smallest absolute Gasteiger partial charge is 0.195 e. The molecule has 0 amide bonds. The lowest BCUT2D eigenvalue weighted by Gasteiger charge is -2.03. The lowest BCUT2D eigenvalue weighted by atomic mass is 10.1. The minimum Gasteiger partial charge on any atom is -0.288 e. The van der Waals surface area contributed by atoms with Crippen LogP contribution in [0.25, 0.3) is 17.0 Å². The Morgan fingerprint density at radius 2 is 2.09 bits per heavy atom. The number of aryl methyl sites for hydroxylation is 1. The molecule has 0 unspecified atom stereocenters. The molecule has 0 fully saturated rings. The zero-order valence-electron chi connectivity index (χ0n) is 11.6. The monoisotopic (exact) mass is 439 g/mol. The highest BCUT2D eigenvalue weighted by Crippen LogP contribution is 2.23. The summed E-state index contributed by atoms with van der Waals surface area (Å²) in [4.78, 5) is 17.2. The third-order valence-corrected chi connectivity index (χ3v) is 5.40. The number of thiophene rings is 1. The van der Waals surface area contributed by atoms with Crippen molar-refractivity contribution in [3.8, 4) is 0 Å². The second kappa shape index (κ2) is 6.48. The number of allylic oxidation sites excluding steroid dienone is 1. The van der Waals surface area contributed by atoms with E-state index in [1.807, 2.05) is 43.3 Å². The summed E-state index contributed by atoms with van der Waals surface area (Å²) in [5.74, 6) is -0.0204. The summed E-state index contributed by atoms with van der Waals surface area (Å²) in [5, 5.41) is 1.41. The van der Waals surface area contributed by atoms with Gasteiger partial charge >= 0.3 is 0 Å². The molecule has 0 aliphatic carbocycles. The molecular weight excluding hydrogens is 429 g/mol. The van der Waals surface area contributed by atoms with Crippen molar-refractivity contribution in [3.63, 3.8) is 0 Å². The van der Waals surface area contributed by atoms with Gasteiger partial charge in [0.1, 0.15) is 5.15 Å². The van der Waals surface area contributed by atoms with Crippen LogP contribution < -0.4 is 0 Å². The van der Waals surface area contributed by atoms with Gasteiger partial charge in [0.25, 0.3) is 0 Å². The number of pyridine rings is 1. The van der Waals surface area contributed by atoms with Crippen molar-refractivity contribution in [2.45, 2.75) is 6.92 Å². The number of ketones is 1. The lowest BCUT2D eigenvalue weighted by molar-refractivity contribution is 0.105. The number of hydrogen-bond donors (Lipinski definition) is 0. The van der Waals surface area contributed by atoms with E-state index in [-0.39, 0.29) is 5.78 Å². The highest BCUT2D eigenvalue weighted by Gasteiger charge is 2.07. The van der Waals surface area contributed by atoms with Crippen molar-refractivity contribution in [3.05, 3.63) is 66.5 Å². The first kappa shape index (κ1) is 15.6. The first-order valence-electron chi connectivity index (χ1n) is 6.57. The Kier molecular flexibility index (Phi) is 4.61. The molecule has 2 nitrogen and oxygen atoms in total. The van der Waals surface area contributed by atoms with E-state index < -0.39 is 0 Å². The van der Waals surface area contributed by atoms with Crippen LogP contribution in [0.1, 0.15) is 20.8 Å². The maximum atomic E-state index is 12.1. The van der Waals surface area contributed by atoms with Crippen molar-refractivity contribution >= 4 is 68.3 Å². The van der Waals surface area contributed by atoms with Crippen LogP contribution in [0.4, 0.5) is 0 Å². The Morgan fingerprint density at radius 3 is 2.82 bits per heavy atom. The number of carbonyl (C=O) groups is 1. The van der Waals surface area contributed by atoms with Crippen LogP contribution in [0.5, 0.6) is 0 Å². The average Bonchev–Trinajstić information content (AvgIpc) is 2.91. The normalized spacial score (nSPS) is 11.4. The molecule has 0 aliphatic heterocycles. The zero-order chi connectivity index (χ0) is 15.7. The molecule has 2 aromatic heterocycles. The van der Waals surface area contributed by atoms with Crippen LogP contribution in [-0.2, 0) is 0 Å². The van der Waals surface area contributed by atoms with Crippen molar-refractivity contribution in [1.29, 1.82) is 0 Å². The van der Waals surface area contributed by atoms with Crippen molar-refractivity contribution in [1.82, 2.24) is 4.98 Å². The predicted molar refractivity (Wildman–Crippen MR) is 102 cm³/mol. The fraction of sp³-hybridized carbons (Fsp3) is 0.0588. The number of carbonyl (C=O) groups excluding carboxylic acids is 1. The zero-order valence-corrected chi connectivity index (χ0v) is 15.4. The van der Waals surface area contributed by atoms with Crippen LogP contribution in [-0.4, -0.2) is 10.8 Å². The van der Waals surface area contributed by atoms with E-state index >= 15 is 0 Å². The van der Waals surface area contributed by atoms with Gasteiger partial charge in [0, 0.05) is 10.9 Å². The van der Waals surface area contributed by atoms with Gasteiger partial charge in [-0.1, -0.05) is 23.7 Å². The molecule has 3 rings (SSSR count). The Hall–Kier alpha value is -1.24. The largest absolute Gasteiger partial charge is 0.288 e. The SMILES string of the molecule is Cc1ccc2cc(/C=C/C(=O)c3ccc(I)s3)c(Cl)nc2c1. The molecule has 0 saturated carbocycles. The first-order chi connectivity index (χ1) is 10.5. The summed E-state index contributed by atoms with van der Waals surface area (Å²) in [6.07, 6.45) is 3.27. The molecule has 0 spiro atoms. The molecule has 1 aromatic carbocycles. The Bertz CT molecular complexity index is 901. The first-order valence-corrected chi connectivity index (χ1v) is 8.85. The minimum absolute atomic E-state index is 0.0204. The summed E-state index contributed by atoms with van der Waals surface area (Å²) in [6, 6.07) is 11.7. The molecule has 0 radical (unpaired) electrons. The summed E-state index contributed by atoms with van der Waals surface area (Å²) in [5.41, 5.74) is 2.75. The van der Waals surface area contributed by atoms with E-state index in [4.69, 9.17) is 11.6 Å². The van der Waals surface area contributed by atoms with Gasteiger partial charge < -0.3 is 0 Å². The number of fused-ring (bicyclic) bond motifs is 1.